The number of nitrogens with zero attached hydrogens (tertiary/aromatic N) is 1. The maximum Gasteiger partial charge on any atom is 0.290 e. The topological polar surface area (TPSA) is 94.1 Å². The number of aliphatic hydroxyl groups is 3. The first-order chi connectivity index (χ1) is 12.0. The summed E-state index contributed by atoms with van der Waals surface area (Å²) in [6.45, 7) is 1.72. The van der Waals surface area contributed by atoms with Gasteiger partial charge in [-0.05, 0) is 12.3 Å². The second-order valence-corrected chi connectivity index (χ2v) is 6.55. The maximum absolute atomic E-state index is 12.9. The predicted octanol–water partition coefficient (Wildman–Crippen LogP) is 1.43. The highest BCUT2D eigenvalue weighted by molar-refractivity contribution is 6.08. The van der Waals surface area contributed by atoms with E-state index in [1.165, 1.54) is 4.90 Å². The van der Waals surface area contributed by atoms with Crippen molar-refractivity contribution >= 4 is 27.6 Å². The monoisotopic (exact) mass is 341 g/mol. The summed E-state index contributed by atoms with van der Waals surface area (Å²) in [6.07, 6.45) is -3.61. The first-order valence-electron chi connectivity index (χ1n) is 8.21. The van der Waals surface area contributed by atoms with Crippen molar-refractivity contribution in [3.63, 3.8) is 0 Å². The van der Waals surface area contributed by atoms with E-state index >= 15 is 0 Å². The number of benzene rings is 2. The first kappa shape index (κ1) is 16.1. The minimum atomic E-state index is -1.25. The summed E-state index contributed by atoms with van der Waals surface area (Å²) in [7, 11) is 0. The van der Waals surface area contributed by atoms with E-state index in [4.69, 9.17) is 4.42 Å². The SMILES string of the molecule is Cc1c(C(=O)N2C[C@@H](O)C(O)[C@@H](O)C2)oc2c1ccc1ccccc12. The van der Waals surface area contributed by atoms with Crippen molar-refractivity contribution < 1.29 is 24.5 Å². The van der Waals surface area contributed by atoms with Crippen molar-refractivity contribution in [2.45, 2.75) is 25.2 Å². The molecule has 0 radical (unpaired) electrons. The highest BCUT2D eigenvalue weighted by atomic mass is 16.4. The predicted molar refractivity (Wildman–Crippen MR) is 92.4 cm³/mol. The van der Waals surface area contributed by atoms with E-state index in [0.29, 0.717) is 5.58 Å². The number of hydrogen-bond donors (Lipinski definition) is 3. The van der Waals surface area contributed by atoms with Crippen molar-refractivity contribution in [1.82, 2.24) is 4.90 Å². The van der Waals surface area contributed by atoms with Crippen LogP contribution in [0.2, 0.25) is 0 Å². The number of rotatable bonds is 1. The smallest absolute Gasteiger partial charge is 0.290 e. The van der Waals surface area contributed by atoms with Gasteiger partial charge in [0, 0.05) is 29.4 Å². The standard InChI is InChI=1S/C19H19NO5/c1-10-12-7-6-11-4-2-3-5-13(11)18(12)25-17(10)19(24)20-8-14(21)16(23)15(22)9-20/h2-7,14-16,21-23H,8-9H2,1H3/t14-,15+,16?. The third-order valence-electron chi connectivity index (χ3n) is 4.91. The number of aryl methyl sites for hydroxylation is 1. The molecule has 3 atom stereocenters. The van der Waals surface area contributed by atoms with Crippen LogP contribution in [0.15, 0.2) is 40.8 Å². The fourth-order valence-electron chi connectivity index (χ4n) is 3.46. The van der Waals surface area contributed by atoms with Gasteiger partial charge in [-0.25, -0.2) is 0 Å². The lowest BCUT2D eigenvalue weighted by molar-refractivity contribution is -0.102. The normalized spacial score (nSPS) is 24.2. The van der Waals surface area contributed by atoms with Crippen LogP contribution in [0, 0.1) is 6.92 Å². The zero-order chi connectivity index (χ0) is 17.7. The van der Waals surface area contributed by atoms with Gasteiger partial charge in [0.05, 0.1) is 0 Å². The summed E-state index contributed by atoms with van der Waals surface area (Å²) in [5, 5.41) is 32.1. The summed E-state index contributed by atoms with van der Waals surface area (Å²) in [4.78, 5) is 14.2. The zero-order valence-corrected chi connectivity index (χ0v) is 13.7. The fourth-order valence-corrected chi connectivity index (χ4v) is 3.46. The quantitative estimate of drug-likeness (QED) is 0.623. The molecule has 0 aliphatic carbocycles. The van der Waals surface area contributed by atoms with Crippen molar-refractivity contribution in [2.75, 3.05) is 13.1 Å². The largest absolute Gasteiger partial charge is 0.450 e. The zero-order valence-electron chi connectivity index (χ0n) is 13.7. The van der Waals surface area contributed by atoms with Gasteiger partial charge in [-0.15, -0.1) is 0 Å². The van der Waals surface area contributed by atoms with Gasteiger partial charge in [-0.1, -0.05) is 36.4 Å². The minimum absolute atomic E-state index is 0.0473. The molecular weight excluding hydrogens is 322 g/mol. The molecule has 25 heavy (non-hydrogen) atoms. The van der Waals surface area contributed by atoms with Gasteiger partial charge in [-0.2, -0.15) is 0 Å². The number of hydrogen-bond acceptors (Lipinski definition) is 5. The van der Waals surface area contributed by atoms with Crippen LogP contribution in [-0.2, 0) is 0 Å². The van der Waals surface area contributed by atoms with E-state index in [-0.39, 0.29) is 18.8 Å². The lowest BCUT2D eigenvalue weighted by Gasteiger charge is -2.36. The molecule has 1 aliphatic heterocycles. The maximum atomic E-state index is 12.9. The highest BCUT2D eigenvalue weighted by Gasteiger charge is 2.37. The molecule has 2 aromatic carbocycles. The van der Waals surface area contributed by atoms with E-state index in [1.54, 1.807) is 0 Å². The molecule has 6 heteroatoms. The number of aliphatic hydroxyl groups excluding tert-OH is 3. The van der Waals surface area contributed by atoms with Crippen LogP contribution in [0.4, 0.5) is 0 Å². The van der Waals surface area contributed by atoms with Gasteiger partial charge >= 0.3 is 0 Å². The number of furan rings is 1. The molecule has 3 N–H and O–H groups in total. The van der Waals surface area contributed by atoms with Crippen molar-refractivity contribution in [2.24, 2.45) is 0 Å². The summed E-state index contributed by atoms with van der Waals surface area (Å²) in [5.41, 5.74) is 1.37. The van der Waals surface area contributed by atoms with Crippen molar-refractivity contribution in [3.05, 3.63) is 47.7 Å². The summed E-state index contributed by atoms with van der Waals surface area (Å²) in [6, 6.07) is 11.7. The third kappa shape index (κ3) is 2.50. The van der Waals surface area contributed by atoms with Gasteiger partial charge in [0.1, 0.15) is 23.9 Å². The molecule has 0 bridgehead atoms. The van der Waals surface area contributed by atoms with E-state index in [9.17, 15) is 20.1 Å². The third-order valence-corrected chi connectivity index (χ3v) is 4.91. The Morgan fingerprint density at radius 2 is 1.72 bits per heavy atom. The molecule has 130 valence electrons. The number of piperidine rings is 1. The average Bonchev–Trinajstić information content (AvgIpc) is 2.96. The molecule has 6 nitrogen and oxygen atoms in total. The second-order valence-electron chi connectivity index (χ2n) is 6.55. The van der Waals surface area contributed by atoms with Gasteiger partial charge < -0.3 is 24.6 Å². The highest BCUT2D eigenvalue weighted by Crippen LogP contribution is 2.32. The Bertz CT molecular complexity index is 951. The molecule has 1 aromatic heterocycles. The number of fused-ring (bicyclic) bond motifs is 3. The van der Waals surface area contributed by atoms with Crippen LogP contribution in [-0.4, -0.2) is 57.5 Å². The summed E-state index contributed by atoms with van der Waals surface area (Å²) in [5.74, 6) is -0.204. The average molecular weight is 341 g/mol. The van der Waals surface area contributed by atoms with Crippen molar-refractivity contribution in [1.29, 1.82) is 0 Å². The van der Waals surface area contributed by atoms with Gasteiger partial charge in [0.2, 0.25) is 0 Å². The van der Waals surface area contributed by atoms with Crippen LogP contribution < -0.4 is 0 Å². The van der Waals surface area contributed by atoms with Crippen molar-refractivity contribution in [3.8, 4) is 0 Å². The van der Waals surface area contributed by atoms with Crippen LogP contribution in [0.3, 0.4) is 0 Å². The molecule has 0 saturated carbocycles. The first-order valence-corrected chi connectivity index (χ1v) is 8.21. The number of β-amino-alcohol motifs (C(OH)–C–C–N with tert-alkyl or cyclic N) is 2. The number of likely N-dealkylation sites (tertiary alicyclic amines) is 1. The number of carbonyl (C=O) groups is 1. The lowest BCUT2D eigenvalue weighted by Crippen LogP contribution is -2.56. The van der Waals surface area contributed by atoms with E-state index in [0.717, 1.165) is 21.7 Å². The van der Waals surface area contributed by atoms with Crippen LogP contribution in [0.1, 0.15) is 16.1 Å². The van der Waals surface area contributed by atoms with Crippen LogP contribution in [0.5, 0.6) is 0 Å². The number of carbonyl (C=O) groups excluding carboxylic acids is 1. The van der Waals surface area contributed by atoms with E-state index < -0.39 is 24.2 Å². The van der Waals surface area contributed by atoms with Crippen LogP contribution >= 0.6 is 0 Å². The Labute approximate surface area is 143 Å². The Morgan fingerprint density at radius 1 is 1.04 bits per heavy atom. The molecule has 1 saturated heterocycles. The van der Waals surface area contributed by atoms with Gasteiger partial charge in [-0.3, -0.25) is 4.79 Å². The molecule has 3 aromatic rings. The lowest BCUT2D eigenvalue weighted by atomic mass is 10.0. The minimum Gasteiger partial charge on any atom is -0.450 e. The molecule has 0 spiro atoms. The van der Waals surface area contributed by atoms with Gasteiger partial charge in [0.15, 0.2) is 5.76 Å². The van der Waals surface area contributed by atoms with E-state index in [2.05, 4.69) is 0 Å². The Morgan fingerprint density at radius 3 is 2.44 bits per heavy atom. The molecule has 4 rings (SSSR count). The van der Waals surface area contributed by atoms with Crippen LogP contribution in [0.25, 0.3) is 21.7 Å². The second kappa shape index (κ2) is 5.84. The molecule has 1 fully saturated rings. The number of amides is 1. The van der Waals surface area contributed by atoms with E-state index in [1.807, 2.05) is 43.3 Å². The molecule has 1 unspecified atom stereocenters. The summed E-state index contributed by atoms with van der Waals surface area (Å²) < 4.78 is 5.91. The van der Waals surface area contributed by atoms with Gasteiger partial charge in [0.25, 0.3) is 5.91 Å². The molecule has 2 heterocycles. The Kier molecular flexibility index (Phi) is 3.76. The fraction of sp³-hybridized carbons (Fsp3) is 0.316. The molecular formula is C19H19NO5. The Balaban J connectivity index is 1.77. The molecule has 1 aliphatic rings. The molecule has 1 amide bonds. The summed E-state index contributed by atoms with van der Waals surface area (Å²) >= 11 is 0. The Hall–Kier alpha value is -2.41.